The van der Waals surface area contributed by atoms with Crippen molar-refractivity contribution < 1.29 is 9.59 Å². The molecule has 0 unspecified atom stereocenters. The summed E-state index contributed by atoms with van der Waals surface area (Å²) in [6.07, 6.45) is 0. The van der Waals surface area contributed by atoms with Crippen molar-refractivity contribution in [2.75, 3.05) is 13.1 Å². The molecule has 1 aliphatic rings. The minimum atomic E-state index is -0.756. The summed E-state index contributed by atoms with van der Waals surface area (Å²) in [6, 6.07) is 0. The molecule has 6 heteroatoms. The molecule has 1 aliphatic heterocycles. The third-order valence-corrected chi connectivity index (χ3v) is 1.29. The van der Waals surface area contributed by atoms with Gasteiger partial charge in [0.2, 0.25) is 0 Å². The highest BCUT2D eigenvalue weighted by Crippen LogP contribution is 1.94. The molecule has 6 nitrogen and oxygen atoms in total. The van der Waals surface area contributed by atoms with E-state index in [9.17, 15) is 9.59 Å². The van der Waals surface area contributed by atoms with E-state index in [1.54, 1.807) is 0 Å². The first kappa shape index (κ1) is 6.97. The predicted octanol–water partition coefficient (Wildman–Crippen LogP) is -2.60. The zero-order valence-corrected chi connectivity index (χ0v) is 5.28. The van der Waals surface area contributed by atoms with Crippen LogP contribution in [0.2, 0.25) is 0 Å². The van der Waals surface area contributed by atoms with Gasteiger partial charge in [-0.15, -0.1) is 0 Å². The number of hydrazine groups is 2. The molecule has 1 saturated heterocycles. The zero-order valence-electron chi connectivity index (χ0n) is 5.28. The van der Waals surface area contributed by atoms with Crippen LogP contribution in [-0.2, 0) is 9.59 Å². The average molecular weight is 144 g/mol. The van der Waals surface area contributed by atoms with Crippen LogP contribution in [0.3, 0.4) is 0 Å². The van der Waals surface area contributed by atoms with Crippen LogP contribution in [0.25, 0.3) is 0 Å². The average Bonchev–Trinajstić information content (AvgIpc) is 1.93. The van der Waals surface area contributed by atoms with Gasteiger partial charge in [0.05, 0.1) is 13.1 Å². The molecule has 0 radical (unpaired) electrons. The Bertz CT molecular complexity index is 160. The van der Waals surface area contributed by atoms with Crippen molar-refractivity contribution in [2.45, 2.75) is 0 Å². The third-order valence-electron chi connectivity index (χ3n) is 1.29. The van der Waals surface area contributed by atoms with Crippen LogP contribution in [-0.4, -0.2) is 34.9 Å². The van der Waals surface area contributed by atoms with E-state index in [1.807, 2.05) is 0 Å². The second-order valence-electron chi connectivity index (χ2n) is 2.00. The summed E-state index contributed by atoms with van der Waals surface area (Å²) < 4.78 is 0. The van der Waals surface area contributed by atoms with Crippen LogP contribution >= 0.6 is 0 Å². The molecule has 10 heavy (non-hydrogen) atoms. The van der Waals surface area contributed by atoms with Crippen molar-refractivity contribution in [3.63, 3.8) is 0 Å². The molecule has 0 aromatic heterocycles. The summed E-state index contributed by atoms with van der Waals surface area (Å²) in [4.78, 5) is 21.3. The number of rotatable bonds is 0. The minimum Gasteiger partial charge on any atom is -0.270 e. The lowest BCUT2D eigenvalue weighted by Crippen LogP contribution is -2.59. The van der Waals surface area contributed by atoms with Crippen molar-refractivity contribution in [1.82, 2.24) is 10.0 Å². The lowest BCUT2D eigenvalue weighted by molar-refractivity contribution is -0.156. The Hall–Kier alpha value is -1.14. The molecule has 2 amide bonds. The predicted molar refractivity (Wildman–Crippen MR) is 31.8 cm³/mol. The molecule has 4 N–H and O–H groups in total. The molecular weight excluding hydrogens is 136 g/mol. The molecule has 0 aromatic carbocycles. The van der Waals surface area contributed by atoms with E-state index in [4.69, 9.17) is 11.7 Å². The number of hydrogen-bond donors (Lipinski definition) is 2. The molecule has 0 spiro atoms. The second-order valence-corrected chi connectivity index (χ2v) is 2.00. The molecule has 0 aliphatic carbocycles. The molecule has 1 fully saturated rings. The highest BCUT2D eigenvalue weighted by atomic mass is 16.2. The van der Waals surface area contributed by atoms with Crippen molar-refractivity contribution >= 4 is 11.8 Å². The van der Waals surface area contributed by atoms with Crippen molar-refractivity contribution in [3.05, 3.63) is 0 Å². The molecule has 1 heterocycles. The van der Waals surface area contributed by atoms with E-state index in [-0.39, 0.29) is 0 Å². The van der Waals surface area contributed by atoms with Crippen molar-refractivity contribution in [1.29, 1.82) is 0 Å². The summed E-state index contributed by atoms with van der Waals surface area (Å²) in [6.45, 7) is 0.585. The Kier molecular flexibility index (Phi) is 1.56. The maximum atomic E-state index is 10.7. The van der Waals surface area contributed by atoms with Crippen LogP contribution in [0.4, 0.5) is 0 Å². The van der Waals surface area contributed by atoms with Crippen LogP contribution in [0.1, 0.15) is 0 Å². The Morgan fingerprint density at radius 2 is 1.30 bits per heavy atom. The first-order valence-corrected chi connectivity index (χ1v) is 2.75. The normalized spacial score (nSPS) is 20.2. The summed E-state index contributed by atoms with van der Waals surface area (Å²) in [5, 5.41) is 1.71. The smallest absolute Gasteiger partial charge is 0.270 e. The van der Waals surface area contributed by atoms with Gasteiger partial charge < -0.3 is 0 Å². The fourth-order valence-corrected chi connectivity index (χ4v) is 0.664. The molecular formula is C4H8N4O2. The number of carbonyl (C=O) groups is 2. The summed E-state index contributed by atoms with van der Waals surface area (Å²) in [5.74, 6) is 8.71. The van der Waals surface area contributed by atoms with Gasteiger partial charge in [0.1, 0.15) is 0 Å². The van der Waals surface area contributed by atoms with E-state index in [0.29, 0.717) is 13.1 Å². The van der Waals surface area contributed by atoms with E-state index in [1.165, 1.54) is 0 Å². The van der Waals surface area contributed by atoms with Gasteiger partial charge in [-0.25, -0.2) is 11.7 Å². The molecule has 0 aromatic rings. The van der Waals surface area contributed by atoms with E-state index in [2.05, 4.69) is 0 Å². The lowest BCUT2D eigenvalue weighted by Gasteiger charge is -2.26. The quantitative estimate of drug-likeness (QED) is 0.221. The maximum Gasteiger partial charge on any atom is 0.327 e. The standard InChI is InChI=1S/C4H8N4O2/c5-7-1-2-8(6)4(10)3(7)9/h1-2,5-6H2. The summed E-state index contributed by atoms with van der Waals surface area (Å²) in [5.41, 5.74) is 0. The molecule has 0 atom stereocenters. The minimum absolute atomic E-state index is 0.293. The Morgan fingerprint density at radius 1 is 1.00 bits per heavy atom. The van der Waals surface area contributed by atoms with Gasteiger partial charge in [-0.2, -0.15) is 0 Å². The number of hydrogen-bond acceptors (Lipinski definition) is 4. The second kappa shape index (κ2) is 2.24. The van der Waals surface area contributed by atoms with Gasteiger partial charge in [-0.1, -0.05) is 0 Å². The largest absolute Gasteiger partial charge is 0.327 e. The number of amides is 2. The third kappa shape index (κ3) is 0.937. The highest BCUT2D eigenvalue weighted by Gasteiger charge is 2.28. The first-order valence-electron chi connectivity index (χ1n) is 2.75. The topological polar surface area (TPSA) is 92.7 Å². The van der Waals surface area contributed by atoms with Crippen LogP contribution in [0.5, 0.6) is 0 Å². The monoisotopic (exact) mass is 144 g/mol. The number of piperazine rings is 1. The fourth-order valence-electron chi connectivity index (χ4n) is 0.664. The zero-order chi connectivity index (χ0) is 7.72. The molecule has 1 rings (SSSR count). The maximum absolute atomic E-state index is 10.7. The van der Waals surface area contributed by atoms with E-state index in [0.717, 1.165) is 10.0 Å². The van der Waals surface area contributed by atoms with Gasteiger partial charge in [0.15, 0.2) is 0 Å². The van der Waals surface area contributed by atoms with E-state index >= 15 is 0 Å². The Balaban J connectivity index is 2.70. The van der Waals surface area contributed by atoms with Gasteiger partial charge in [-0.3, -0.25) is 19.6 Å². The lowest BCUT2D eigenvalue weighted by atomic mass is 10.4. The van der Waals surface area contributed by atoms with Gasteiger partial charge in [0, 0.05) is 0 Å². The van der Waals surface area contributed by atoms with Gasteiger partial charge in [-0.05, 0) is 0 Å². The summed E-state index contributed by atoms with van der Waals surface area (Å²) >= 11 is 0. The van der Waals surface area contributed by atoms with Gasteiger partial charge in [0.25, 0.3) is 0 Å². The van der Waals surface area contributed by atoms with E-state index < -0.39 is 11.8 Å². The number of carbonyl (C=O) groups excluding carboxylic acids is 2. The number of nitrogens with zero attached hydrogens (tertiary/aromatic N) is 2. The van der Waals surface area contributed by atoms with Crippen LogP contribution < -0.4 is 11.7 Å². The molecule has 0 saturated carbocycles. The first-order chi connectivity index (χ1) is 4.63. The molecule has 56 valence electrons. The van der Waals surface area contributed by atoms with Crippen LogP contribution in [0, 0.1) is 0 Å². The Morgan fingerprint density at radius 3 is 1.60 bits per heavy atom. The SMILES string of the molecule is NN1CCN(N)C(=O)C1=O. The highest BCUT2D eigenvalue weighted by molar-refractivity contribution is 6.35. The Labute approximate surface area is 57.3 Å². The molecule has 0 bridgehead atoms. The van der Waals surface area contributed by atoms with Crippen molar-refractivity contribution in [2.24, 2.45) is 11.7 Å². The van der Waals surface area contributed by atoms with Crippen molar-refractivity contribution in [3.8, 4) is 0 Å². The fraction of sp³-hybridized carbons (Fsp3) is 0.500. The summed E-state index contributed by atoms with van der Waals surface area (Å²) in [7, 11) is 0. The van der Waals surface area contributed by atoms with Crippen LogP contribution in [0.15, 0.2) is 0 Å². The van der Waals surface area contributed by atoms with Gasteiger partial charge >= 0.3 is 11.8 Å². The number of nitrogens with two attached hydrogens (primary N) is 2.